The maximum Gasteiger partial charge on any atom is 0.414 e. The maximum atomic E-state index is 16.6. The number of ether oxygens (including phenoxy) is 5. The molecule has 1 aromatic carbocycles. The molecule has 4 fully saturated rings. The number of fused-ring (bicyclic) bond motifs is 4. The van der Waals surface area contributed by atoms with Crippen LogP contribution in [-0.2, 0) is 81.5 Å². The van der Waals surface area contributed by atoms with Gasteiger partial charge >= 0.3 is 32.6 Å². The highest BCUT2D eigenvalue weighted by Gasteiger charge is 2.66. The van der Waals surface area contributed by atoms with Crippen molar-refractivity contribution in [1.82, 2.24) is 64.8 Å². The highest BCUT2D eigenvalue weighted by atomic mass is 32.7. The lowest BCUT2D eigenvalue weighted by Gasteiger charge is -2.33. The minimum atomic E-state index is -4.46. The number of nitrogens with one attached hydrogen (secondary N) is 6. The Morgan fingerprint density at radius 3 is 2.34 bits per heavy atom. The van der Waals surface area contributed by atoms with Crippen LogP contribution in [0.15, 0.2) is 60.2 Å². The number of imide groups is 1. The van der Waals surface area contributed by atoms with Gasteiger partial charge in [-0.1, -0.05) is 38.2 Å². The van der Waals surface area contributed by atoms with Crippen LogP contribution in [0.2, 0.25) is 0 Å². The van der Waals surface area contributed by atoms with Crippen LogP contribution in [0, 0.1) is 5.92 Å². The number of carbonyl (C=O) groups excluding carboxylic acids is 8. The topological polar surface area (TPSA) is 480 Å². The fourth-order valence-corrected chi connectivity index (χ4v) is 13.1. The summed E-state index contributed by atoms with van der Waals surface area (Å²) < 4.78 is 100.0. The summed E-state index contributed by atoms with van der Waals surface area (Å²) in [6.45, 7) is -2.59. The normalized spacial score (nSPS) is 26.6. The minimum absolute atomic E-state index is 0.0322. The number of urea groups is 1. The molecule has 9 heterocycles. The van der Waals surface area contributed by atoms with Crippen LogP contribution in [0.1, 0.15) is 51.1 Å². The molecule has 4 saturated heterocycles. The molecular formula is C52H64FN17O20P2S. The van der Waals surface area contributed by atoms with Crippen LogP contribution in [0.5, 0.6) is 0 Å². The molecule has 4 aromatic heterocycles. The second-order valence-corrected chi connectivity index (χ2v) is 27.1. The molecule has 12 atom stereocenters. The third-order valence-electron chi connectivity index (χ3n) is 15.2. The molecule has 5 aliphatic rings. The molecule has 0 aliphatic carbocycles. The van der Waals surface area contributed by atoms with E-state index in [1.165, 1.54) is 36.4 Å². The molecule has 37 nitrogen and oxygen atoms in total. The fraction of sp³-hybridized carbons (Fsp3) is 0.500. The summed E-state index contributed by atoms with van der Waals surface area (Å²) >= 11 is 4.19. The number of imidazole rings is 2. The van der Waals surface area contributed by atoms with Crippen molar-refractivity contribution in [2.75, 3.05) is 76.1 Å². The molecular weight excluding hydrogens is 1300 g/mol. The Hall–Kier alpha value is -8.52. The number of nitrogens with zero attached hydrogens (tertiary/aromatic N) is 9. The largest absolute Gasteiger partial charge is 0.447 e. The minimum Gasteiger partial charge on any atom is -0.447 e. The number of benzene rings is 1. The first kappa shape index (κ1) is 67.4. The number of amides is 9. The molecule has 5 aliphatic heterocycles. The van der Waals surface area contributed by atoms with Gasteiger partial charge in [-0.05, 0) is 36.5 Å². The highest BCUT2D eigenvalue weighted by molar-refractivity contribution is 8.44. The van der Waals surface area contributed by atoms with Crippen LogP contribution in [0.4, 0.5) is 36.2 Å². The summed E-state index contributed by atoms with van der Waals surface area (Å²) in [7, 11) is -3.00. The van der Waals surface area contributed by atoms with E-state index in [0.717, 1.165) is 39.5 Å². The number of anilines is 3. The van der Waals surface area contributed by atoms with Crippen molar-refractivity contribution >= 4 is 114 Å². The molecule has 0 radical (unpaired) electrons. The molecule has 0 saturated carbocycles. The van der Waals surface area contributed by atoms with Gasteiger partial charge in [0.05, 0.1) is 39.0 Å². The predicted molar refractivity (Wildman–Crippen MR) is 320 cm³/mol. The van der Waals surface area contributed by atoms with Gasteiger partial charge in [-0.15, -0.1) is 0 Å². The van der Waals surface area contributed by atoms with Gasteiger partial charge in [-0.3, -0.25) is 71.2 Å². The van der Waals surface area contributed by atoms with Gasteiger partial charge in [-0.25, -0.2) is 43.3 Å². The number of aromatic amines is 1. The number of primary amides is 1. The van der Waals surface area contributed by atoms with Gasteiger partial charge in [0, 0.05) is 51.1 Å². The van der Waals surface area contributed by atoms with E-state index in [2.05, 4.69) is 68.7 Å². The molecule has 5 aromatic rings. The van der Waals surface area contributed by atoms with E-state index in [0.29, 0.717) is 5.56 Å². The molecule has 0 unspecified atom stereocenters. The van der Waals surface area contributed by atoms with Crippen molar-refractivity contribution in [1.29, 1.82) is 0 Å². The maximum absolute atomic E-state index is 16.6. The van der Waals surface area contributed by atoms with Crippen LogP contribution in [0.3, 0.4) is 0 Å². The zero-order chi connectivity index (χ0) is 66.7. The number of likely N-dealkylation sites (N-methyl/N-ethyl adjacent to an activating group) is 1. The number of hydrogen-bond acceptors (Lipinski definition) is 26. The molecule has 0 spiro atoms. The van der Waals surface area contributed by atoms with Gasteiger partial charge in [0.25, 0.3) is 17.4 Å². The number of aromatic nitrogens is 8. The summed E-state index contributed by atoms with van der Waals surface area (Å²) in [5.41, 5.74) is 9.37. The number of hydrogen-bond donors (Lipinski definition) is 9. The van der Waals surface area contributed by atoms with E-state index < -0.39 is 160 Å². The first-order valence-corrected chi connectivity index (χ1v) is 33.3. The first-order chi connectivity index (χ1) is 44.2. The Bertz CT molecular complexity index is 3900. The van der Waals surface area contributed by atoms with Crippen LogP contribution < -0.4 is 43.6 Å². The van der Waals surface area contributed by atoms with Crippen LogP contribution in [-0.4, -0.2) is 205 Å². The number of rotatable bonds is 21. The Balaban J connectivity index is 0.710. The number of carbonyl (C=O) groups is 8. The predicted octanol–water partition coefficient (Wildman–Crippen LogP) is 1.27. The molecule has 41 heteroatoms. The summed E-state index contributed by atoms with van der Waals surface area (Å²) in [6, 6.07) is 3.05. The lowest BCUT2D eigenvalue weighted by Crippen LogP contribution is -2.54. The average molecular weight is 1360 g/mol. The molecule has 4 bridgehead atoms. The summed E-state index contributed by atoms with van der Waals surface area (Å²) in [4.78, 5) is 140. The second-order valence-electron chi connectivity index (χ2n) is 22.2. The van der Waals surface area contributed by atoms with E-state index >= 15 is 4.39 Å². The Morgan fingerprint density at radius 2 is 1.62 bits per heavy atom. The van der Waals surface area contributed by atoms with Gasteiger partial charge in [0.1, 0.15) is 67.2 Å². The third kappa shape index (κ3) is 15.4. The number of nitrogen functional groups attached to an aromatic ring is 1. The van der Waals surface area contributed by atoms with Crippen molar-refractivity contribution in [2.24, 2.45) is 11.7 Å². The Morgan fingerprint density at radius 1 is 0.903 bits per heavy atom. The van der Waals surface area contributed by atoms with Crippen molar-refractivity contribution in [2.45, 2.75) is 100 Å². The quantitative estimate of drug-likeness (QED) is 0.0216. The van der Waals surface area contributed by atoms with E-state index in [-0.39, 0.29) is 85.9 Å². The lowest BCUT2D eigenvalue weighted by molar-refractivity contribution is -0.183. The van der Waals surface area contributed by atoms with Crippen LogP contribution in [0.25, 0.3) is 22.3 Å². The highest BCUT2D eigenvalue weighted by Crippen LogP contribution is 2.62. The number of H-pyrrole nitrogens is 1. The third-order valence-corrected chi connectivity index (χ3v) is 18.0. The van der Waals surface area contributed by atoms with Crippen molar-refractivity contribution < 1.29 is 93.7 Å². The van der Waals surface area contributed by atoms with E-state index in [4.69, 9.17) is 53.2 Å². The van der Waals surface area contributed by atoms with Gasteiger partial charge in [-0.2, -0.15) is 4.98 Å². The van der Waals surface area contributed by atoms with E-state index in [1.54, 1.807) is 26.0 Å². The summed E-state index contributed by atoms with van der Waals surface area (Å²) in [5, 5.41) is 12.7. The number of nitrogens with two attached hydrogens (primary N) is 2. The Labute approximate surface area is 530 Å². The first-order valence-electron chi connectivity index (χ1n) is 28.6. The van der Waals surface area contributed by atoms with Crippen molar-refractivity contribution in [3.63, 3.8) is 0 Å². The fourth-order valence-electron chi connectivity index (χ4n) is 10.5. The zero-order valence-corrected chi connectivity index (χ0v) is 52.5. The van der Waals surface area contributed by atoms with Gasteiger partial charge in [0.2, 0.25) is 23.7 Å². The van der Waals surface area contributed by atoms with Crippen molar-refractivity contribution in [3.05, 3.63) is 71.3 Å². The smallest absolute Gasteiger partial charge is 0.414 e. The summed E-state index contributed by atoms with van der Waals surface area (Å²) in [6.07, 6.45) is -6.70. The second kappa shape index (κ2) is 28.0. The van der Waals surface area contributed by atoms with Crippen LogP contribution >= 0.6 is 26.6 Å². The van der Waals surface area contributed by atoms with Gasteiger partial charge < -0.3 is 65.8 Å². The van der Waals surface area contributed by atoms with E-state index in [9.17, 15) is 52.3 Å². The Kier molecular flexibility index (Phi) is 20.3. The standard InChI is InChI=1S/C52H64FN17O20P2S/c1-25(2)34(63-30(71)13-15-68-31(72)11-12-32(68)73)44(75)62-28(6-5-14-56-48(55)77)43(74)61-27-9-7-26(8-10-27)18-83-51(79)67(3)16-17-82-50(78)66-49-64-42-36(45(76)65-49)60-24-70(42)46-37-33(53)29(87-46)19-85-92(81,93)90-39-38-47(69-23-59-35-40(54)57-22-58-41(35)69)88-52(39,20-84-38)21-86-91(4,80)89-37/h7-12,22-25,28-29,33-34,37-39,46-47H,5-6,13-21H2,1-4H3,(H,61,74)(H,62,75)(H,63,71)(H,81,93)(H2,54,57,58)(H3,55,56,77)(H2,64,65,66,76,78)/t28-,29+,33+,34-,37+,38+,39-,46+,47+,52+,91-,92+/m0/s1. The number of alkyl halides is 1. The van der Waals surface area contributed by atoms with Gasteiger partial charge in [0.15, 0.2) is 41.3 Å². The molecule has 10 N–H and O–H groups in total. The zero-order valence-electron chi connectivity index (χ0n) is 49.8. The summed E-state index contributed by atoms with van der Waals surface area (Å²) in [5.74, 6) is -3.95. The SMILES string of the molecule is CC(C)[C@H](NC(=O)CCN1C(=O)C=CC1=O)C(=O)N[C@@H](CCCNC(N)=O)C(=O)Nc1ccc(COC(=O)N(C)CCOC(=O)Nc2nc3c(ncn3[C@@H]3O[C@@H]4CO[P@@](=O)(S)O[C@H]5[C@H]6OC[C@]5(CO[P@](C)(=O)O[C@@H]3[C@@H]4F)O[C@H]6n3cnc4c(N)ncnc43)c(=O)[nH]2)cc1. The molecule has 500 valence electrons. The molecule has 10 rings (SSSR count). The average Bonchev–Trinajstić information content (AvgIpc) is 1.57. The molecule has 9 amide bonds. The van der Waals surface area contributed by atoms with E-state index in [1.807, 2.05) is 0 Å². The number of halogens is 1. The van der Waals surface area contributed by atoms with Crippen molar-refractivity contribution in [3.8, 4) is 0 Å². The monoisotopic (exact) mass is 1360 g/mol. The molecule has 93 heavy (non-hydrogen) atoms. The lowest BCUT2D eigenvalue weighted by atomic mass is 10.0. The number of thiol groups is 1.